The Kier molecular flexibility index (Phi) is 4.58. The second-order valence-corrected chi connectivity index (χ2v) is 4.46. The SMILES string of the molecule is CC(C)N=C(NN)N(C)Cc1ccsc1. The number of rotatable bonds is 3. The highest BCUT2D eigenvalue weighted by Gasteiger charge is 2.06. The second-order valence-electron chi connectivity index (χ2n) is 3.68. The van der Waals surface area contributed by atoms with Gasteiger partial charge in [0.25, 0.3) is 0 Å². The maximum Gasteiger partial charge on any atom is 0.208 e. The molecule has 0 saturated heterocycles. The third-order valence-electron chi connectivity index (χ3n) is 1.87. The summed E-state index contributed by atoms with van der Waals surface area (Å²) < 4.78 is 0. The van der Waals surface area contributed by atoms with E-state index in [1.165, 1.54) is 5.56 Å². The minimum atomic E-state index is 0.237. The number of hydrogen-bond acceptors (Lipinski definition) is 3. The van der Waals surface area contributed by atoms with Crippen LogP contribution in [0.25, 0.3) is 0 Å². The van der Waals surface area contributed by atoms with Crippen LogP contribution in [0.4, 0.5) is 0 Å². The zero-order chi connectivity index (χ0) is 11.3. The van der Waals surface area contributed by atoms with Crippen LogP contribution in [0, 0.1) is 0 Å². The van der Waals surface area contributed by atoms with Crippen molar-refractivity contribution in [2.24, 2.45) is 10.8 Å². The molecule has 0 aliphatic rings. The Labute approximate surface area is 94.8 Å². The first-order chi connectivity index (χ1) is 7.13. The average molecular weight is 226 g/mol. The lowest BCUT2D eigenvalue weighted by molar-refractivity contribution is 0.475. The van der Waals surface area contributed by atoms with Gasteiger partial charge < -0.3 is 4.90 Å². The van der Waals surface area contributed by atoms with E-state index < -0.39 is 0 Å². The van der Waals surface area contributed by atoms with Crippen molar-refractivity contribution in [2.75, 3.05) is 7.05 Å². The monoisotopic (exact) mass is 226 g/mol. The lowest BCUT2D eigenvalue weighted by atomic mass is 10.3. The smallest absolute Gasteiger partial charge is 0.208 e. The fraction of sp³-hybridized carbons (Fsp3) is 0.500. The van der Waals surface area contributed by atoms with Crippen molar-refractivity contribution < 1.29 is 0 Å². The molecule has 0 radical (unpaired) electrons. The lowest BCUT2D eigenvalue weighted by Gasteiger charge is -2.20. The summed E-state index contributed by atoms with van der Waals surface area (Å²) in [4.78, 5) is 6.39. The van der Waals surface area contributed by atoms with E-state index in [1.807, 2.05) is 25.8 Å². The molecule has 0 saturated carbocycles. The summed E-state index contributed by atoms with van der Waals surface area (Å²) in [5, 5.41) is 4.19. The summed E-state index contributed by atoms with van der Waals surface area (Å²) in [6.45, 7) is 4.87. The molecule has 0 amide bonds. The highest BCUT2D eigenvalue weighted by atomic mass is 32.1. The van der Waals surface area contributed by atoms with Crippen molar-refractivity contribution in [3.63, 3.8) is 0 Å². The minimum Gasteiger partial charge on any atom is -0.341 e. The molecule has 1 aromatic heterocycles. The van der Waals surface area contributed by atoms with Crippen LogP contribution >= 0.6 is 11.3 Å². The Morgan fingerprint density at radius 3 is 2.87 bits per heavy atom. The largest absolute Gasteiger partial charge is 0.341 e. The highest BCUT2D eigenvalue weighted by Crippen LogP contribution is 2.08. The molecule has 0 aromatic carbocycles. The van der Waals surface area contributed by atoms with Crippen LogP contribution in [-0.4, -0.2) is 23.9 Å². The van der Waals surface area contributed by atoms with Gasteiger partial charge in [0.2, 0.25) is 5.96 Å². The molecule has 4 nitrogen and oxygen atoms in total. The van der Waals surface area contributed by atoms with Gasteiger partial charge >= 0.3 is 0 Å². The average Bonchev–Trinajstić information content (AvgIpc) is 2.66. The van der Waals surface area contributed by atoms with Gasteiger partial charge in [0.05, 0.1) is 0 Å². The van der Waals surface area contributed by atoms with Crippen molar-refractivity contribution in [2.45, 2.75) is 26.4 Å². The fourth-order valence-electron chi connectivity index (χ4n) is 1.22. The normalized spacial score (nSPS) is 11.9. The van der Waals surface area contributed by atoms with Crippen molar-refractivity contribution in [1.82, 2.24) is 10.3 Å². The molecule has 0 aliphatic carbocycles. The van der Waals surface area contributed by atoms with Crippen molar-refractivity contribution in [1.29, 1.82) is 0 Å². The third kappa shape index (κ3) is 3.89. The molecule has 0 aliphatic heterocycles. The molecule has 1 heterocycles. The van der Waals surface area contributed by atoms with Crippen molar-refractivity contribution >= 4 is 17.3 Å². The van der Waals surface area contributed by atoms with E-state index in [0.29, 0.717) is 0 Å². The van der Waals surface area contributed by atoms with Crippen LogP contribution in [0.5, 0.6) is 0 Å². The van der Waals surface area contributed by atoms with Crippen LogP contribution in [0.15, 0.2) is 21.8 Å². The molecule has 5 heteroatoms. The van der Waals surface area contributed by atoms with E-state index in [9.17, 15) is 0 Å². The topological polar surface area (TPSA) is 53.6 Å². The molecule has 1 aromatic rings. The van der Waals surface area contributed by atoms with E-state index in [-0.39, 0.29) is 6.04 Å². The van der Waals surface area contributed by atoms with Gasteiger partial charge in [-0.1, -0.05) is 0 Å². The molecule has 84 valence electrons. The summed E-state index contributed by atoms with van der Waals surface area (Å²) in [6, 6.07) is 2.34. The van der Waals surface area contributed by atoms with E-state index >= 15 is 0 Å². The Morgan fingerprint density at radius 1 is 1.67 bits per heavy atom. The van der Waals surface area contributed by atoms with Gasteiger partial charge in [-0.25, -0.2) is 10.8 Å². The molecular weight excluding hydrogens is 208 g/mol. The molecule has 0 unspecified atom stereocenters. The molecule has 0 atom stereocenters. The standard InChI is InChI=1S/C10H18N4S/c1-8(2)12-10(13-11)14(3)6-9-4-5-15-7-9/h4-5,7-8H,6,11H2,1-3H3,(H,12,13). The van der Waals surface area contributed by atoms with Gasteiger partial charge in [-0.3, -0.25) is 5.43 Å². The summed E-state index contributed by atoms with van der Waals surface area (Å²) in [6.07, 6.45) is 0. The molecule has 1 rings (SSSR count). The highest BCUT2D eigenvalue weighted by molar-refractivity contribution is 7.07. The van der Waals surface area contributed by atoms with Gasteiger partial charge in [-0.15, -0.1) is 0 Å². The predicted octanol–water partition coefficient (Wildman–Crippen LogP) is 1.41. The van der Waals surface area contributed by atoms with Crippen LogP contribution < -0.4 is 11.3 Å². The molecule has 15 heavy (non-hydrogen) atoms. The summed E-state index contributed by atoms with van der Waals surface area (Å²) >= 11 is 1.70. The first-order valence-corrected chi connectivity index (χ1v) is 5.84. The van der Waals surface area contributed by atoms with E-state index in [2.05, 4.69) is 27.2 Å². The van der Waals surface area contributed by atoms with Crippen molar-refractivity contribution in [3.8, 4) is 0 Å². The van der Waals surface area contributed by atoms with Gasteiger partial charge in [0.1, 0.15) is 0 Å². The molecule has 0 spiro atoms. The zero-order valence-corrected chi connectivity index (χ0v) is 10.2. The molecule has 0 bridgehead atoms. The van der Waals surface area contributed by atoms with Crippen LogP contribution in [0.2, 0.25) is 0 Å². The summed E-state index contributed by atoms with van der Waals surface area (Å²) in [5.41, 5.74) is 3.90. The maximum atomic E-state index is 5.43. The number of thiophene rings is 1. The van der Waals surface area contributed by atoms with Gasteiger partial charge in [0.15, 0.2) is 0 Å². The van der Waals surface area contributed by atoms with Gasteiger partial charge in [0, 0.05) is 19.6 Å². The quantitative estimate of drug-likeness (QED) is 0.354. The Bertz CT molecular complexity index is 305. The number of nitrogens with two attached hydrogens (primary N) is 1. The zero-order valence-electron chi connectivity index (χ0n) is 9.40. The third-order valence-corrected chi connectivity index (χ3v) is 2.60. The van der Waals surface area contributed by atoms with E-state index in [0.717, 1.165) is 12.5 Å². The lowest BCUT2D eigenvalue weighted by Crippen LogP contribution is -2.42. The Hall–Kier alpha value is -1.07. The molecule has 3 N–H and O–H groups in total. The second kappa shape index (κ2) is 5.72. The van der Waals surface area contributed by atoms with Crippen LogP contribution in [-0.2, 0) is 6.54 Å². The van der Waals surface area contributed by atoms with Gasteiger partial charge in [-0.05, 0) is 36.2 Å². The first-order valence-electron chi connectivity index (χ1n) is 4.90. The number of hydrogen-bond donors (Lipinski definition) is 2. The number of nitrogens with zero attached hydrogens (tertiary/aromatic N) is 2. The predicted molar refractivity (Wildman–Crippen MR) is 65.7 cm³/mol. The Balaban J connectivity index is 2.61. The first kappa shape index (κ1) is 12.0. The number of hydrazine groups is 1. The van der Waals surface area contributed by atoms with E-state index in [1.54, 1.807) is 11.3 Å². The summed E-state index contributed by atoms with van der Waals surface area (Å²) in [5.74, 6) is 6.15. The fourth-order valence-corrected chi connectivity index (χ4v) is 1.88. The molecular formula is C10H18N4S. The molecule has 0 fully saturated rings. The number of nitrogens with one attached hydrogen (secondary N) is 1. The van der Waals surface area contributed by atoms with Crippen LogP contribution in [0.1, 0.15) is 19.4 Å². The number of guanidine groups is 1. The Morgan fingerprint density at radius 2 is 2.40 bits per heavy atom. The van der Waals surface area contributed by atoms with E-state index in [4.69, 9.17) is 5.84 Å². The van der Waals surface area contributed by atoms with Crippen LogP contribution in [0.3, 0.4) is 0 Å². The maximum absolute atomic E-state index is 5.43. The minimum absolute atomic E-state index is 0.237. The summed E-state index contributed by atoms with van der Waals surface area (Å²) in [7, 11) is 1.97. The van der Waals surface area contributed by atoms with Crippen molar-refractivity contribution in [3.05, 3.63) is 22.4 Å². The van der Waals surface area contributed by atoms with Gasteiger partial charge in [-0.2, -0.15) is 11.3 Å². The number of aliphatic imine (C=N–C) groups is 1.